The number of phenols is 1. The highest BCUT2D eigenvalue weighted by atomic mass is 31.2. The molecule has 0 unspecified atom stereocenters. The first-order valence-electron chi connectivity index (χ1n) is 5.24. The maximum absolute atomic E-state index is 8.88. The van der Waals surface area contributed by atoms with Gasteiger partial charge in [0.15, 0.2) is 0 Å². The van der Waals surface area contributed by atoms with Gasteiger partial charge < -0.3 is 19.8 Å². The lowest BCUT2D eigenvalue weighted by atomic mass is 10.3. The summed E-state index contributed by atoms with van der Waals surface area (Å²) in [5, 5.41) is 12.8. The molecule has 8 nitrogen and oxygen atoms in total. The summed E-state index contributed by atoms with van der Waals surface area (Å²) in [6, 6.07) is 8.71. The van der Waals surface area contributed by atoms with Crippen LogP contribution in [0.15, 0.2) is 30.3 Å². The predicted octanol–water partition coefficient (Wildman–Crippen LogP) is 1.37. The van der Waals surface area contributed by atoms with E-state index in [2.05, 4.69) is 14.8 Å². The van der Waals surface area contributed by atoms with Crippen molar-refractivity contribution in [1.29, 1.82) is 0 Å². The maximum atomic E-state index is 8.88. The molecular weight excluding hydrogens is 279 g/mol. The lowest BCUT2D eigenvalue weighted by Crippen LogP contribution is -1.94. The van der Waals surface area contributed by atoms with E-state index in [1.807, 2.05) is 19.9 Å². The molecule has 0 aliphatic heterocycles. The molecule has 1 aromatic carbocycles. The van der Waals surface area contributed by atoms with Crippen LogP contribution in [0, 0.1) is 0 Å². The SMILES string of the molecule is CCOOOCC.O=P(O)(O)O.Oc1ccccc1. The Balaban J connectivity index is 0. The fourth-order valence-corrected chi connectivity index (χ4v) is 0.558. The number of phenolic OH excluding ortho intramolecular Hbond substituents is 1. The predicted molar refractivity (Wildman–Crippen MR) is 66.7 cm³/mol. The van der Waals surface area contributed by atoms with Crippen molar-refractivity contribution in [2.24, 2.45) is 0 Å². The van der Waals surface area contributed by atoms with Crippen LogP contribution in [0.4, 0.5) is 0 Å². The largest absolute Gasteiger partial charge is 0.508 e. The van der Waals surface area contributed by atoms with Gasteiger partial charge in [-0.05, 0) is 26.0 Å². The van der Waals surface area contributed by atoms with Crippen molar-refractivity contribution in [3.8, 4) is 5.75 Å². The lowest BCUT2D eigenvalue weighted by Gasteiger charge is -1.94. The van der Waals surface area contributed by atoms with Gasteiger partial charge in [-0.3, -0.25) is 0 Å². The van der Waals surface area contributed by atoms with Gasteiger partial charge in [-0.25, -0.2) is 14.3 Å². The van der Waals surface area contributed by atoms with E-state index < -0.39 is 7.82 Å². The highest BCUT2D eigenvalue weighted by Crippen LogP contribution is 2.25. The van der Waals surface area contributed by atoms with Crippen molar-refractivity contribution in [2.45, 2.75) is 13.8 Å². The van der Waals surface area contributed by atoms with Gasteiger partial charge in [0, 0.05) is 0 Å². The average molecular weight is 298 g/mol. The third-order valence-corrected chi connectivity index (χ3v) is 1.09. The molecular formula is C10H19O8P. The second-order valence-electron chi connectivity index (χ2n) is 2.73. The molecule has 1 aromatic rings. The Morgan fingerprint density at radius 2 is 1.37 bits per heavy atom. The first kappa shape index (κ1) is 20.3. The molecule has 19 heavy (non-hydrogen) atoms. The number of rotatable bonds is 4. The number of hydrogen-bond donors (Lipinski definition) is 4. The molecule has 112 valence electrons. The van der Waals surface area contributed by atoms with Crippen LogP contribution >= 0.6 is 7.82 Å². The zero-order chi connectivity index (χ0) is 15.1. The Kier molecular flexibility index (Phi) is 14.4. The Hall–Kier alpha value is -0.990. The van der Waals surface area contributed by atoms with Gasteiger partial charge in [-0.15, -0.1) is 0 Å². The van der Waals surface area contributed by atoms with Crippen LogP contribution in [0.25, 0.3) is 0 Å². The van der Waals surface area contributed by atoms with E-state index in [1.165, 1.54) is 0 Å². The highest BCUT2D eigenvalue weighted by molar-refractivity contribution is 7.45. The van der Waals surface area contributed by atoms with Crippen molar-refractivity contribution < 1.29 is 39.2 Å². The van der Waals surface area contributed by atoms with Crippen LogP contribution in [-0.2, 0) is 19.4 Å². The second-order valence-corrected chi connectivity index (χ2v) is 3.76. The fraction of sp³-hybridized carbons (Fsp3) is 0.400. The monoisotopic (exact) mass is 298 g/mol. The topological polar surface area (TPSA) is 126 Å². The highest BCUT2D eigenvalue weighted by Gasteiger charge is 2.00. The first-order chi connectivity index (χ1) is 8.81. The molecule has 0 bridgehead atoms. The molecule has 0 atom stereocenters. The van der Waals surface area contributed by atoms with Gasteiger partial charge >= 0.3 is 7.82 Å². The van der Waals surface area contributed by atoms with Gasteiger partial charge in [0.1, 0.15) is 5.75 Å². The minimum Gasteiger partial charge on any atom is -0.508 e. The third-order valence-electron chi connectivity index (χ3n) is 1.09. The third kappa shape index (κ3) is 31.6. The summed E-state index contributed by atoms with van der Waals surface area (Å²) in [5.41, 5.74) is 0. The van der Waals surface area contributed by atoms with E-state index in [1.54, 1.807) is 24.3 Å². The van der Waals surface area contributed by atoms with E-state index >= 15 is 0 Å². The molecule has 0 aliphatic carbocycles. The molecule has 1 rings (SSSR count). The minimum atomic E-state index is -4.64. The summed E-state index contributed by atoms with van der Waals surface area (Å²) in [7, 11) is -4.64. The minimum absolute atomic E-state index is 0.322. The Morgan fingerprint density at radius 1 is 1.00 bits per heavy atom. The Bertz CT molecular complexity index is 313. The number of phosphoric acid groups is 1. The van der Waals surface area contributed by atoms with Crippen LogP contribution < -0.4 is 0 Å². The molecule has 0 aliphatic rings. The Morgan fingerprint density at radius 3 is 1.58 bits per heavy atom. The molecule has 4 N–H and O–H groups in total. The van der Waals surface area contributed by atoms with Crippen molar-refractivity contribution in [2.75, 3.05) is 13.2 Å². The quantitative estimate of drug-likeness (QED) is 0.284. The summed E-state index contributed by atoms with van der Waals surface area (Å²) >= 11 is 0. The van der Waals surface area contributed by atoms with E-state index in [-0.39, 0.29) is 0 Å². The number of benzene rings is 1. The van der Waals surface area contributed by atoms with Gasteiger partial charge in [0.25, 0.3) is 0 Å². The van der Waals surface area contributed by atoms with Crippen LogP contribution in [-0.4, -0.2) is 33.0 Å². The molecule has 0 fully saturated rings. The molecule has 0 saturated carbocycles. The standard InChI is InChI=1S/C6H6O.C4H10O3.H3O4P/c7-6-4-2-1-3-5-6;1-3-5-7-6-4-2;1-5(2,3)4/h1-5,7H;3-4H2,1-2H3;(H3,1,2,3,4). The number of hydrogen-bond acceptors (Lipinski definition) is 5. The molecule has 0 heterocycles. The van der Waals surface area contributed by atoms with Gasteiger partial charge in [-0.2, -0.15) is 0 Å². The van der Waals surface area contributed by atoms with E-state index in [4.69, 9.17) is 24.4 Å². The van der Waals surface area contributed by atoms with Crippen molar-refractivity contribution in [1.82, 2.24) is 0 Å². The van der Waals surface area contributed by atoms with E-state index in [9.17, 15) is 0 Å². The lowest BCUT2D eigenvalue weighted by molar-refractivity contribution is -0.509. The fourth-order valence-electron chi connectivity index (χ4n) is 0.558. The van der Waals surface area contributed by atoms with Crippen molar-refractivity contribution in [3.05, 3.63) is 30.3 Å². The van der Waals surface area contributed by atoms with Crippen molar-refractivity contribution >= 4 is 7.82 Å². The average Bonchev–Trinajstić information content (AvgIpc) is 2.29. The molecule has 0 saturated heterocycles. The van der Waals surface area contributed by atoms with E-state index in [0.717, 1.165) is 0 Å². The molecule has 0 radical (unpaired) electrons. The number of aromatic hydroxyl groups is 1. The van der Waals surface area contributed by atoms with Crippen LogP contribution in [0.3, 0.4) is 0 Å². The maximum Gasteiger partial charge on any atom is 0.466 e. The van der Waals surface area contributed by atoms with Crippen molar-refractivity contribution in [3.63, 3.8) is 0 Å². The van der Waals surface area contributed by atoms with E-state index in [0.29, 0.717) is 19.0 Å². The normalized spacial score (nSPS) is 9.74. The summed E-state index contributed by atoms with van der Waals surface area (Å²) in [4.78, 5) is 30.3. The molecule has 0 amide bonds. The molecule has 9 heteroatoms. The zero-order valence-corrected chi connectivity index (χ0v) is 11.6. The Labute approximate surface area is 111 Å². The summed E-state index contributed by atoms with van der Waals surface area (Å²) < 4.78 is 8.88. The van der Waals surface area contributed by atoms with Gasteiger partial charge in [-0.1, -0.05) is 23.2 Å². The number of para-hydroxylation sites is 1. The summed E-state index contributed by atoms with van der Waals surface area (Å²) in [5.74, 6) is 0.322. The van der Waals surface area contributed by atoms with Crippen LogP contribution in [0.1, 0.15) is 13.8 Å². The van der Waals surface area contributed by atoms with Crippen LogP contribution in [0.5, 0.6) is 5.75 Å². The molecule has 0 spiro atoms. The zero-order valence-electron chi connectivity index (χ0n) is 10.7. The molecule has 0 aromatic heterocycles. The second kappa shape index (κ2) is 13.4. The van der Waals surface area contributed by atoms with Crippen LogP contribution in [0.2, 0.25) is 0 Å². The first-order valence-corrected chi connectivity index (χ1v) is 6.81. The smallest absolute Gasteiger partial charge is 0.466 e. The van der Waals surface area contributed by atoms with Gasteiger partial charge in [0.05, 0.1) is 13.2 Å². The summed E-state index contributed by atoms with van der Waals surface area (Å²) in [6.45, 7) is 4.66. The summed E-state index contributed by atoms with van der Waals surface area (Å²) in [6.07, 6.45) is 0. The van der Waals surface area contributed by atoms with Gasteiger partial charge in [0.2, 0.25) is 0 Å².